The Labute approximate surface area is 169 Å². The van der Waals surface area contributed by atoms with Crippen LogP contribution < -0.4 is 9.64 Å². The van der Waals surface area contributed by atoms with Crippen LogP contribution in [0.3, 0.4) is 0 Å². The highest BCUT2D eigenvalue weighted by molar-refractivity contribution is 7.22. The molecule has 6 heteroatoms. The lowest BCUT2D eigenvalue weighted by atomic mass is 9.99. The molecule has 1 amide bonds. The van der Waals surface area contributed by atoms with Crippen molar-refractivity contribution in [2.75, 3.05) is 38.2 Å². The number of benzene rings is 2. The summed E-state index contributed by atoms with van der Waals surface area (Å²) >= 11 is 1.56. The van der Waals surface area contributed by atoms with E-state index in [1.807, 2.05) is 61.6 Å². The third-order valence-corrected chi connectivity index (χ3v) is 6.25. The number of ether oxygens (including phenoxy) is 1. The lowest BCUT2D eigenvalue weighted by Crippen LogP contribution is -2.44. The number of carbonyl (C=O) groups is 1. The van der Waals surface area contributed by atoms with Crippen LogP contribution in [0.4, 0.5) is 5.13 Å². The van der Waals surface area contributed by atoms with Crippen molar-refractivity contribution in [2.24, 2.45) is 5.92 Å². The highest BCUT2D eigenvalue weighted by Gasteiger charge is 2.24. The van der Waals surface area contributed by atoms with Gasteiger partial charge in [0, 0.05) is 19.5 Å². The van der Waals surface area contributed by atoms with Crippen molar-refractivity contribution in [3.8, 4) is 5.75 Å². The number of rotatable bonds is 6. The van der Waals surface area contributed by atoms with Gasteiger partial charge in [0.25, 0.3) is 0 Å². The Morgan fingerprint density at radius 3 is 2.82 bits per heavy atom. The monoisotopic (exact) mass is 395 g/mol. The van der Waals surface area contributed by atoms with Gasteiger partial charge in [0.2, 0.25) is 5.91 Å². The molecule has 1 aliphatic rings. The first-order valence-corrected chi connectivity index (χ1v) is 10.5. The summed E-state index contributed by atoms with van der Waals surface area (Å²) in [7, 11) is 1.82. The summed E-state index contributed by atoms with van der Waals surface area (Å²) in [5.74, 6) is 1.45. The minimum absolute atomic E-state index is 0.0867. The molecule has 2 heterocycles. The zero-order valence-electron chi connectivity index (χ0n) is 16.1. The van der Waals surface area contributed by atoms with E-state index in [4.69, 9.17) is 4.74 Å². The molecule has 0 radical (unpaired) electrons. The molecule has 0 aliphatic carbocycles. The van der Waals surface area contributed by atoms with Crippen LogP contribution in [0.25, 0.3) is 10.2 Å². The molecule has 1 aliphatic heterocycles. The summed E-state index contributed by atoms with van der Waals surface area (Å²) in [6.45, 7) is 2.98. The number of likely N-dealkylation sites (N-methyl/N-ethyl adjacent to an activating group) is 1. The van der Waals surface area contributed by atoms with Gasteiger partial charge >= 0.3 is 0 Å². The normalized spacial score (nSPS) is 17.5. The molecule has 5 nitrogen and oxygen atoms in total. The number of carbonyl (C=O) groups excluding carboxylic acids is 1. The molecule has 4 rings (SSSR count). The molecular weight excluding hydrogens is 370 g/mol. The number of nitrogens with zero attached hydrogens (tertiary/aromatic N) is 3. The van der Waals surface area contributed by atoms with Gasteiger partial charge < -0.3 is 4.74 Å². The SMILES string of the molecule is CN(C(=O)CN1CCCC(COc2ccccc2)C1)c1nc2ccccc2s1. The molecular formula is C22H25N3O2S. The van der Waals surface area contributed by atoms with Crippen LogP contribution in [0.5, 0.6) is 5.75 Å². The standard InChI is InChI=1S/C22H25N3O2S/c1-24(22-23-19-11-5-6-12-20(19)28-22)21(26)15-25-13-7-8-17(14-25)16-27-18-9-3-2-4-10-18/h2-6,9-12,17H,7-8,13-16H2,1H3. The Balaban J connectivity index is 1.32. The second kappa shape index (κ2) is 8.71. The summed E-state index contributed by atoms with van der Waals surface area (Å²) in [4.78, 5) is 21.3. The molecule has 0 bridgehead atoms. The van der Waals surface area contributed by atoms with Crippen LogP contribution in [0, 0.1) is 5.92 Å². The van der Waals surface area contributed by atoms with Gasteiger partial charge in [0.15, 0.2) is 5.13 Å². The van der Waals surface area contributed by atoms with E-state index in [1.54, 1.807) is 16.2 Å². The zero-order valence-corrected chi connectivity index (χ0v) is 16.9. The van der Waals surface area contributed by atoms with Crippen LogP contribution in [-0.4, -0.2) is 49.1 Å². The highest BCUT2D eigenvalue weighted by Crippen LogP contribution is 2.28. The quantitative estimate of drug-likeness (QED) is 0.632. The topological polar surface area (TPSA) is 45.7 Å². The number of fused-ring (bicyclic) bond motifs is 1. The molecule has 1 atom stereocenters. The molecule has 28 heavy (non-hydrogen) atoms. The highest BCUT2D eigenvalue weighted by atomic mass is 32.1. The minimum atomic E-state index is 0.0867. The van der Waals surface area contributed by atoms with Gasteiger partial charge in [0.05, 0.1) is 23.4 Å². The fourth-order valence-corrected chi connectivity index (χ4v) is 4.51. The number of amides is 1. The van der Waals surface area contributed by atoms with E-state index < -0.39 is 0 Å². The number of hydrogen-bond acceptors (Lipinski definition) is 5. The molecule has 0 saturated carbocycles. The lowest BCUT2D eigenvalue weighted by Gasteiger charge is -2.32. The predicted molar refractivity (Wildman–Crippen MR) is 114 cm³/mol. The summed E-state index contributed by atoms with van der Waals surface area (Å²) in [5.41, 5.74) is 0.943. The molecule has 1 fully saturated rings. The number of piperidine rings is 1. The van der Waals surface area contributed by atoms with Crippen LogP contribution in [0.1, 0.15) is 12.8 Å². The first-order valence-electron chi connectivity index (χ1n) is 9.71. The van der Waals surface area contributed by atoms with Gasteiger partial charge in [-0.25, -0.2) is 4.98 Å². The van der Waals surface area contributed by atoms with Gasteiger partial charge in [0.1, 0.15) is 5.75 Å². The second-order valence-corrected chi connectivity index (χ2v) is 8.29. The van der Waals surface area contributed by atoms with Crippen molar-refractivity contribution in [3.63, 3.8) is 0 Å². The van der Waals surface area contributed by atoms with E-state index in [9.17, 15) is 4.79 Å². The number of likely N-dealkylation sites (tertiary alicyclic amines) is 1. The molecule has 0 N–H and O–H groups in total. The smallest absolute Gasteiger partial charge is 0.242 e. The molecule has 1 unspecified atom stereocenters. The number of aromatic nitrogens is 1. The van der Waals surface area contributed by atoms with Gasteiger partial charge in [-0.15, -0.1) is 0 Å². The largest absolute Gasteiger partial charge is 0.493 e. The van der Waals surface area contributed by atoms with Crippen LogP contribution in [0.15, 0.2) is 54.6 Å². The Kier molecular flexibility index (Phi) is 5.88. The maximum absolute atomic E-state index is 12.8. The number of anilines is 1. The van der Waals surface area contributed by atoms with Gasteiger partial charge in [-0.2, -0.15) is 0 Å². The summed E-state index contributed by atoms with van der Waals surface area (Å²) in [6, 6.07) is 17.9. The summed E-state index contributed by atoms with van der Waals surface area (Å²) < 4.78 is 7.02. The molecule has 146 valence electrons. The van der Waals surface area contributed by atoms with E-state index in [1.165, 1.54) is 0 Å². The average molecular weight is 396 g/mol. The van der Waals surface area contributed by atoms with Crippen molar-refractivity contribution in [1.82, 2.24) is 9.88 Å². The maximum Gasteiger partial charge on any atom is 0.242 e. The van der Waals surface area contributed by atoms with E-state index >= 15 is 0 Å². The first kappa shape index (κ1) is 18.9. The van der Waals surface area contributed by atoms with Crippen molar-refractivity contribution in [2.45, 2.75) is 12.8 Å². The summed E-state index contributed by atoms with van der Waals surface area (Å²) in [6.07, 6.45) is 2.24. The van der Waals surface area contributed by atoms with Crippen LogP contribution in [0.2, 0.25) is 0 Å². The van der Waals surface area contributed by atoms with E-state index in [0.29, 0.717) is 19.1 Å². The number of para-hydroxylation sites is 2. The van der Waals surface area contributed by atoms with Crippen molar-refractivity contribution in [3.05, 3.63) is 54.6 Å². The van der Waals surface area contributed by atoms with E-state index in [2.05, 4.69) is 9.88 Å². The molecule has 1 aromatic heterocycles. The Morgan fingerprint density at radius 1 is 1.21 bits per heavy atom. The maximum atomic E-state index is 12.8. The predicted octanol–water partition coefficient (Wildman–Crippen LogP) is 4.05. The molecule has 0 spiro atoms. The lowest BCUT2D eigenvalue weighted by molar-refractivity contribution is -0.119. The molecule has 3 aromatic rings. The third-order valence-electron chi connectivity index (χ3n) is 5.13. The minimum Gasteiger partial charge on any atom is -0.493 e. The van der Waals surface area contributed by atoms with E-state index in [-0.39, 0.29) is 5.91 Å². The van der Waals surface area contributed by atoms with Crippen LogP contribution in [-0.2, 0) is 4.79 Å². The second-order valence-electron chi connectivity index (χ2n) is 7.28. The first-order chi connectivity index (χ1) is 13.7. The number of thiazole rings is 1. The fourth-order valence-electron chi connectivity index (χ4n) is 3.57. The van der Waals surface area contributed by atoms with E-state index in [0.717, 1.165) is 47.0 Å². The van der Waals surface area contributed by atoms with Crippen molar-refractivity contribution < 1.29 is 9.53 Å². The van der Waals surface area contributed by atoms with Gasteiger partial charge in [-0.05, 0) is 43.7 Å². The Morgan fingerprint density at radius 2 is 2.00 bits per heavy atom. The molecule has 1 saturated heterocycles. The summed E-state index contributed by atoms with van der Waals surface area (Å²) in [5, 5.41) is 0.757. The zero-order chi connectivity index (χ0) is 19.3. The van der Waals surface area contributed by atoms with Gasteiger partial charge in [-0.1, -0.05) is 41.7 Å². The van der Waals surface area contributed by atoms with Crippen molar-refractivity contribution >= 4 is 32.6 Å². The Hall–Kier alpha value is -2.44. The Bertz CT molecular complexity index is 895. The number of hydrogen-bond donors (Lipinski definition) is 0. The van der Waals surface area contributed by atoms with Crippen molar-refractivity contribution in [1.29, 1.82) is 0 Å². The van der Waals surface area contributed by atoms with Gasteiger partial charge in [-0.3, -0.25) is 14.6 Å². The average Bonchev–Trinajstić information content (AvgIpc) is 3.17. The van der Waals surface area contributed by atoms with Crippen LogP contribution >= 0.6 is 11.3 Å². The third kappa shape index (κ3) is 4.51. The molecule has 2 aromatic carbocycles. The fraction of sp³-hybridized carbons (Fsp3) is 0.364.